The molecule has 1 saturated carbocycles. The zero-order valence-corrected chi connectivity index (χ0v) is 13.2. The quantitative estimate of drug-likeness (QED) is 0.847. The van der Waals surface area contributed by atoms with Crippen LogP contribution < -0.4 is 5.32 Å². The molecule has 2 rings (SSSR count). The first kappa shape index (κ1) is 14.1. The lowest BCUT2D eigenvalue weighted by Gasteiger charge is -2.10. The van der Waals surface area contributed by atoms with Crippen LogP contribution in [0.15, 0.2) is 10.7 Å². The van der Waals surface area contributed by atoms with Crippen molar-refractivity contribution >= 4 is 33.5 Å². The molecule has 1 aliphatic rings. The Morgan fingerprint density at radius 1 is 1.44 bits per heavy atom. The van der Waals surface area contributed by atoms with Gasteiger partial charge in [0.15, 0.2) is 0 Å². The molecule has 0 aromatic carbocycles. The lowest BCUT2D eigenvalue weighted by molar-refractivity contribution is 0.886. The molecule has 1 heterocycles. The minimum Gasteiger partial charge on any atom is -0.369 e. The monoisotopic (exact) mass is 329 g/mol. The highest BCUT2D eigenvalue weighted by Gasteiger charge is 2.16. The normalized spacial score (nSPS) is 16.1. The van der Waals surface area contributed by atoms with Gasteiger partial charge in [-0.25, -0.2) is 9.97 Å². The number of rotatable bonds is 6. The first-order chi connectivity index (χ1) is 8.79. The van der Waals surface area contributed by atoms with Crippen LogP contribution in [0.2, 0.25) is 0 Å². The number of hydrogen-bond donors (Lipinski definition) is 1. The molecular formula is C13H20BrN3S. The maximum absolute atomic E-state index is 4.58. The van der Waals surface area contributed by atoms with Gasteiger partial charge in [0.1, 0.15) is 11.6 Å². The summed E-state index contributed by atoms with van der Waals surface area (Å²) >= 11 is 5.49. The van der Waals surface area contributed by atoms with Gasteiger partial charge in [-0.3, -0.25) is 0 Å². The molecule has 1 aromatic heterocycles. The summed E-state index contributed by atoms with van der Waals surface area (Å²) < 4.78 is 0.950. The highest BCUT2D eigenvalue weighted by Crippen LogP contribution is 2.31. The van der Waals surface area contributed by atoms with Crippen molar-refractivity contribution in [3.8, 4) is 0 Å². The molecule has 1 N–H and O–H groups in total. The summed E-state index contributed by atoms with van der Waals surface area (Å²) in [6.07, 6.45) is 8.47. The molecule has 0 saturated heterocycles. The summed E-state index contributed by atoms with van der Waals surface area (Å²) in [7, 11) is 0. The molecule has 0 bridgehead atoms. The highest BCUT2D eigenvalue weighted by molar-refractivity contribution is 9.10. The number of thioether (sulfide) groups is 1. The van der Waals surface area contributed by atoms with E-state index in [1.165, 1.54) is 25.7 Å². The molecule has 3 nitrogen and oxygen atoms in total. The molecule has 1 aliphatic carbocycles. The maximum Gasteiger partial charge on any atom is 0.144 e. The van der Waals surface area contributed by atoms with Crippen LogP contribution in [0, 0.1) is 0 Å². The molecule has 0 amide bonds. The lowest BCUT2D eigenvalue weighted by atomic mass is 10.4. The molecule has 0 radical (unpaired) electrons. The Morgan fingerprint density at radius 2 is 2.22 bits per heavy atom. The van der Waals surface area contributed by atoms with Gasteiger partial charge in [0.25, 0.3) is 0 Å². The van der Waals surface area contributed by atoms with Crippen molar-refractivity contribution in [3.05, 3.63) is 16.5 Å². The summed E-state index contributed by atoms with van der Waals surface area (Å²) in [6.45, 7) is 3.10. The van der Waals surface area contributed by atoms with Crippen molar-refractivity contribution in [2.45, 2.75) is 50.0 Å². The third-order valence-electron chi connectivity index (χ3n) is 3.09. The number of nitrogens with one attached hydrogen (secondary N) is 1. The third kappa shape index (κ3) is 4.12. The van der Waals surface area contributed by atoms with Gasteiger partial charge in [0, 0.05) is 18.0 Å². The molecule has 1 aromatic rings. The SMILES string of the molecule is CCCNc1nc(CSC2CCCC2)ncc1Br. The summed E-state index contributed by atoms with van der Waals surface area (Å²) in [6, 6.07) is 0. The molecule has 0 aliphatic heterocycles. The zero-order chi connectivity index (χ0) is 12.8. The van der Waals surface area contributed by atoms with Gasteiger partial charge in [-0.05, 0) is 35.2 Å². The van der Waals surface area contributed by atoms with E-state index >= 15 is 0 Å². The fourth-order valence-electron chi connectivity index (χ4n) is 2.09. The van der Waals surface area contributed by atoms with E-state index in [4.69, 9.17) is 0 Å². The van der Waals surface area contributed by atoms with Crippen LogP contribution in [0.1, 0.15) is 44.9 Å². The first-order valence-corrected chi connectivity index (χ1v) is 8.50. The molecular weight excluding hydrogens is 310 g/mol. The van der Waals surface area contributed by atoms with Crippen molar-refractivity contribution in [3.63, 3.8) is 0 Å². The Labute approximate surface area is 122 Å². The fraction of sp³-hybridized carbons (Fsp3) is 0.692. The topological polar surface area (TPSA) is 37.8 Å². The van der Waals surface area contributed by atoms with Gasteiger partial charge in [-0.15, -0.1) is 0 Å². The standard InChI is InChI=1S/C13H20BrN3S/c1-2-7-15-13-11(14)8-16-12(17-13)9-18-10-5-3-4-6-10/h8,10H,2-7,9H2,1H3,(H,15,16,17). The smallest absolute Gasteiger partial charge is 0.144 e. The molecule has 5 heteroatoms. The lowest BCUT2D eigenvalue weighted by Crippen LogP contribution is -2.06. The Balaban J connectivity index is 1.91. The summed E-state index contributed by atoms with van der Waals surface area (Å²) in [5.41, 5.74) is 0. The van der Waals surface area contributed by atoms with Crippen molar-refractivity contribution in [1.82, 2.24) is 9.97 Å². The van der Waals surface area contributed by atoms with Crippen LogP contribution in [0.3, 0.4) is 0 Å². The van der Waals surface area contributed by atoms with E-state index in [1.807, 2.05) is 18.0 Å². The predicted octanol–water partition coefficient (Wildman–Crippen LogP) is 4.24. The van der Waals surface area contributed by atoms with Crippen LogP contribution in [0.25, 0.3) is 0 Å². The van der Waals surface area contributed by atoms with E-state index in [0.29, 0.717) is 0 Å². The highest BCUT2D eigenvalue weighted by atomic mass is 79.9. The van der Waals surface area contributed by atoms with Crippen LogP contribution >= 0.6 is 27.7 Å². The zero-order valence-electron chi connectivity index (χ0n) is 10.8. The maximum atomic E-state index is 4.58. The summed E-state index contributed by atoms with van der Waals surface area (Å²) in [4.78, 5) is 8.97. The number of hydrogen-bond acceptors (Lipinski definition) is 4. The van der Waals surface area contributed by atoms with Crippen molar-refractivity contribution in [1.29, 1.82) is 0 Å². The minimum atomic E-state index is 0.823. The fourth-order valence-corrected chi connectivity index (χ4v) is 3.61. The van der Waals surface area contributed by atoms with E-state index in [1.54, 1.807) is 0 Å². The number of anilines is 1. The van der Waals surface area contributed by atoms with Crippen molar-refractivity contribution in [2.24, 2.45) is 0 Å². The first-order valence-electron chi connectivity index (χ1n) is 6.66. The van der Waals surface area contributed by atoms with E-state index in [2.05, 4.69) is 38.1 Å². The van der Waals surface area contributed by atoms with E-state index in [9.17, 15) is 0 Å². The van der Waals surface area contributed by atoms with Gasteiger partial charge in [-0.1, -0.05) is 19.8 Å². The van der Waals surface area contributed by atoms with Crippen LogP contribution in [0.4, 0.5) is 5.82 Å². The van der Waals surface area contributed by atoms with Gasteiger partial charge < -0.3 is 5.32 Å². The van der Waals surface area contributed by atoms with E-state index < -0.39 is 0 Å². The van der Waals surface area contributed by atoms with E-state index in [0.717, 1.165) is 40.1 Å². The van der Waals surface area contributed by atoms with Crippen LogP contribution in [-0.4, -0.2) is 21.8 Å². The molecule has 1 fully saturated rings. The molecule has 0 unspecified atom stereocenters. The van der Waals surface area contributed by atoms with E-state index in [-0.39, 0.29) is 0 Å². The Hall–Kier alpha value is -0.290. The largest absolute Gasteiger partial charge is 0.369 e. The second kappa shape index (κ2) is 7.34. The Morgan fingerprint density at radius 3 is 2.94 bits per heavy atom. The van der Waals surface area contributed by atoms with Gasteiger partial charge in [0.2, 0.25) is 0 Å². The van der Waals surface area contributed by atoms with Gasteiger partial charge >= 0.3 is 0 Å². The summed E-state index contributed by atoms with van der Waals surface area (Å²) in [5, 5.41) is 4.15. The molecule has 0 atom stereocenters. The van der Waals surface area contributed by atoms with Crippen LogP contribution in [0.5, 0.6) is 0 Å². The van der Waals surface area contributed by atoms with Crippen molar-refractivity contribution < 1.29 is 0 Å². The third-order valence-corrected chi connectivity index (χ3v) is 5.03. The minimum absolute atomic E-state index is 0.823. The number of aromatic nitrogens is 2. The number of halogens is 1. The summed E-state index contributed by atoms with van der Waals surface area (Å²) in [5.74, 6) is 2.79. The van der Waals surface area contributed by atoms with Crippen molar-refractivity contribution in [2.75, 3.05) is 11.9 Å². The number of nitrogens with zero attached hydrogens (tertiary/aromatic N) is 2. The molecule has 0 spiro atoms. The average Bonchev–Trinajstić information content (AvgIpc) is 2.89. The molecule has 18 heavy (non-hydrogen) atoms. The second-order valence-corrected chi connectivity index (χ2v) is 6.77. The Bertz CT molecular complexity index is 380. The second-order valence-electron chi connectivity index (χ2n) is 4.63. The van der Waals surface area contributed by atoms with Gasteiger partial charge in [0.05, 0.1) is 10.2 Å². The average molecular weight is 330 g/mol. The predicted molar refractivity (Wildman–Crippen MR) is 82.1 cm³/mol. The van der Waals surface area contributed by atoms with Crippen LogP contribution in [-0.2, 0) is 5.75 Å². The molecule has 100 valence electrons. The van der Waals surface area contributed by atoms with Gasteiger partial charge in [-0.2, -0.15) is 11.8 Å². The Kier molecular flexibility index (Phi) is 5.76.